The molecule has 2 aliphatic heterocycles. The monoisotopic (exact) mass is 345 g/mol. The Morgan fingerprint density at radius 3 is 2.32 bits per heavy atom. The van der Waals surface area contributed by atoms with Gasteiger partial charge in [-0.05, 0) is 19.8 Å². The summed E-state index contributed by atoms with van der Waals surface area (Å²) < 4.78 is 33.8. The van der Waals surface area contributed by atoms with Crippen LogP contribution in [0.2, 0.25) is 0 Å². The Balaban J connectivity index is 1.68. The van der Waals surface area contributed by atoms with E-state index in [1.54, 1.807) is 19.9 Å². The molecule has 0 unspecified atom stereocenters. The van der Waals surface area contributed by atoms with Gasteiger partial charge >= 0.3 is 0 Å². The van der Waals surface area contributed by atoms with Crippen LogP contribution in [-0.4, -0.2) is 61.4 Å². The fraction of sp³-hybridized carbons (Fsp3) is 0.786. The Morgan fingerprint density at radius 1 is 1.18 bits per heavy atom. The smallest absolute Gasteiger partial charge is 0.282 e. The zero-order valence-electron chi connectivity index (χ0n) is 13.1. The molecule has 0 spiro atoms. The lowest BCUT2D eigenvalue weighted by Crippen LogP contribution is -2.52. The van der Waals surface area contributed by atoms with Crippen molar-refractivity contribution in [3.63, 3.8) is 0 Å². The van der Waals surface area contributed by atoms with Crippen molar-refractivity contribution in [3.05, 3.63) is 16.1 Å². The van der Waals surface area contributed by atoms with Crippen molar-refractivity contribution < 1.29 is 13.2 Å². The highest BCUT2D eigenvalue weighted by Crippen LogP contribution is 2.38. The Bertz CT molecular complexity index is 615. The minimum absolute atomic E-state index is 0.00401. The maximum atomic E-state index is 12.7. The first-order valence-electron chi connectivity index (χ1n) is 7.68. The van der Waals surface area contributed by atoms with Crippen LogP contribution in [0.25, 0.3) is 0 Å². The largest absolute Gasteiger partial charge is 0.379 e. The molecule has 124 valence electrons. The predicted octanol–water partition coefficient (Wildman–Crippen LogP) is 1.38. The van der Waals surface area contributed by atoms with Gasteiger partial charge in [-0.2, -0.15) is 17.0 Å². The van der Waals surface area contributed by atoms with Crippen molar-refractivity contribution in [1.82, 2.24) is 13.6 Å². The Morgan fingerprint density at radius 2 is 1.77 bits per heavy atom. The Labute approximate surface area is 136 Å². The standard InChI is InChI=1S/C14H23N3O3S2/c1-12-11-15-13(21-12)14(2)3-5-16(6-4-14)22(18,19)17-7-9-20-10-8-17/h11H,3-10H2,1-2H3. The first-order valence-corrected chi connectivity index (χ1v) is 9.89. The van der Waals surface area contributed by atoms with Crippen LogP contribution in [0.1, 0.15) is 29.7 Å². The molecule has 22 heavy (non-hydrogen) atoms. The summed E-state index contributed by atoms with van der Waals surface area (Å²) >= 11 is 1.72. The van der Waals surface area contributed by atoms with Crippen LogP contribution in [0.3, 0.4) is 0 Å². The lowest BCUT2D eigenvalue weighted by molar-refractivity contribution is 0.0691. The van der Waals surface area contributed by atoms with Crippen LogP contribution in [-0.2, 0) is 20.4 Å². The highest BCUT2D eigenvalue weighted by molar-refractivity contribution is 7.86. The molecule has 0 radical (unpaired) electrons. The molecule has 3 heterocycles. The van der Waals surface area contributed by atoms with Crippen LogP contribution < -0.4 is 0 Å². The summed E-state index contributed by atoms with van der Waals surface area (Å²) in [4.78, 5) is 5.72. The molecule has 0 aliphatic carbocycles. The van der Waals surface area contributed by atoms with Gasteiger partial charge in [-0.1, -0.05) is 6.92 Å². The van der Waals surface area contributed by atoms with E-state index in [4.69, 9.17) is 4.74 Å². The zero-order valence-corrected chi connectivity index (χ0v) is 14.8. The van der Waals surface area contributed by atoms with E-state index in [9.17, 15) is 8.42 Å². The van der Waals surface area contributed by atoms with E-state index in [-0.39, 0.29) is 5.41 Å². The third kappa shape index (κ3) is 3.07. The number of rotatable bonds is 3. The van der Waals surface area contributed by atoms with Gasteiger partial charge in [-0.3, -0.25) is 0 Å². The number of aromatic nitrogens is 1. The van der Waals surface area contributed by atoms with Gasteiger partial charge in [0.05, 0.1) is 18.2 Å². The fourth-order valence-corrected chi connectivity index (χ4v) is 5.55. The topological polar surface area (TPSA) is 62.7 Å². The van der Waals surface area contributed by atoms with Crippen molar-refractivity contribution in [2.24, 2.45) is 0 Å². The third-order valence-corrected chi connectivity index (χ3v) is 7.84. The second kappa shape index (κ2) is 6.16. The van der Waals surface area contributed by atoms with Gasteiger partial charge < -0.3 is 4.74 Å². The number of aryl methyl sites for hydroxylation is 1. The summed E-state index contributed by atoms with van der Waals surface area (Å²) in [5, 5.41) is 1.13. The molecule has 0 saturated carbocycles. The highest BCUT2D eigenvalue weighted by Gasteiger charge is 2.39. The normalized spacial score (nSPS) is 24.5. The van der Waals surface area contributed by atoms with Gasteiger partial charge in [-0.25, -0.2) is 4.98 Å². The Hall–Kier alpha value is -0.540. The maximum Gasteiger partial charge on any atom is 0.282 e. The summed E-state index contributed by atoms with van der Waals surface area (Å²) in [7, 11) is -3.34. The van der Waals surface area contributed by atoms with Crippen molar-refractivity contribution in [3.8, 4) is 0 Å². The molecule has 0 amide bonds. The quantitative estimate of drug-likeness (QED) is 0.830. The van der Waals surface area contributed by atoms with Crippen LogP contribution >= 0.6 is 11.3 Å². The molecule has 3 rings (SSSR count). The molecular formula is C14H23N3O3S2. The molecule has 1 aromatic heterocycles. The number of nitrogens with zero attached hydrogens (tertiary/aromatic N) is 3. The molecule has 2 aliphatic rings. The molecule has 2 saturated heterocycles. The second-order valence-electron chi connectivity index (χ2n) is 6.25. The lowest BCUT2D eigenvalue weighted by atomic mass is 9.82. The summed E-state index contributed by atoms with van der Waals surface area (Å²) in [5.41, 5.74) is -0.00401. The average molecular weight is 345 g/mol. The van der Waals surface area contributed by atoms with E-state index in [0.29, 0.717) is 39.4 Å². The first-order chi connectivity index (χ1) is 10.4. The lowest BCUT2D eigenvalue weighted by Gasteiger charge is -2.40. The Kier molecular flexibility index (Phi) is 4.57. The highest BCUT2D eigenvalue weighted by atomic mass is 32.2. The number of hydrogen-bond acceptors (Lipinski definition) is 5. The van der Waals surface area contributed by atoms with E-state index in [0.717, 1.165) is 17.8 Å². The van der Waals surface area contributed by atoms with Crippen LogP contribution in [0.5, 0.6) is 0 Å². The van der Waals surface area contributed by atoms with Gasteiger partial charge in [-0.15, -0.1) is 11.3 Å². The van der Waals surface area contributed by atoms with Crippen molar-refractivity contribution in [1.29, 1.82) is 0 Å². The van der Waals surface area contributed by atoms with E-state index in [2.05, 4.69) is 18.8 Å². The van der Waals surface area contributed by atoms with Gasteiger partial charge in [0, 0.05) is 42.7 Å². The van der Waals surface area contributed by atoms with Crippen molar-refractivity contribution in [2.75, 3.05) is 39.4 Å². The van der Waals surface area contributed by atoms with E-state index >= 15 is 0 Å². The molecule has 8 heteroatoms. The van der Waals surface area contributed by atoms with E-state index in [1.165, 1.54) is 4.88 Å². The van der Waals surface area contributed by atoms with E-state index in [1.807, 2.05) is 6.20 Å². The summed E-state index contributed by atoms with van der Waals surface area (Å²) in [5.74, 6) is 0. The van der Waals surface area contributed by atoms with E-state index < -0.39 is 10.2 Å². The first kappa shape index (κ1) is 16.3. The average Bonchev–Trinajstić information content (AvgIpc) is 2.96. The number of piperidine rings is 1. The van der Waals surface area contributed by atoms with Crippen molar-refractivity contribution in [2.45, 2.75) is 32.1 Å². The second-order valence-corrected chi connectivity index (χ2v) is 9.42. The maximum absolute atomic E-state index is 12.7. The number of morpholine rings is 1. The number of hydrogen-bond donors (Lipinski definition) is 0. The molecule has 6 nitrogen and oxygen atoms in total. The zero-order chi connectivity index (χ0) is 15.8. The molecule has 0 atom stereocenters. The van der Waals surface area contributed by atoms with Gasteiger partial charge in [0.1, 0.15) is 0 Å². The molecular weight excluding hydrogens is 322 g/mol. The molecule has 0 N–H and O–H groups in total. The van der Waals surface area contributed by atoms with Crippen LogP contribution in [0.15, 0.2) is 6.20 Å². The number of thiazole rings is 1. The van der Waals surface area contributed by atoms with Gasteiger partial charge in [0.2, 0.25) is 0 Å². The van der Waals surface area contributed by atoms with Crippen LogP contribution in [0, 0.1) is 6.92 Å². The molecule has 0 bridgehead atoms. The summed E-state index contributed by atoms with van der Waals surface area (Å²) in [6.45, 7) is 7.28. The third-order valence-electron chi connectivity index (χ3n) is 4.59. The van der Waals surface area contributed by atoms with Crippen LogP contribution in [0.4, 0.5) is 0 Å². The molecule has 2 fully saturated rings. The predicted molar refractivity (Wildman–Crippen MR) is 86.3 cm³/mol. The summed E-state index contributed by atoms with van der Waals surface area (Å²) in [6, 6.07) is 0. The SMILES string of the molecule is Cc1cnc(C2(C)CCN(S(=O)(=O)N3CCOCC3)CC2)s1. The van der Waals surface area contributed by atoms with Crippen molar-refractivity contribution >= 4 is 21.5 Å². The number of ether oxygens (including phenoxy) is 1. The minimum Gasteiger partial charge on any atom is -0.379 e. The minimum atomic E-state index is -3.34. The van der Waals surface area contributed by atoms with Gasteiger partial charge in [0.25, 0.3) is 10.2 Å². The summed E-state index contributed by atoms with van der Waals surface area (Å²) in [6.07, 6.45) is 3.55. The fourth-order valence-electron chi connectivity index (χ4n) is 3.00. The molecule has 0 aromatic carbocycles. The van der Waals surface area contributed by atoms with Gasteiger partial charge in [0.15, 0.2) is 0 Å². The molecule has 1 aromatic rings.